The second kappa shape index (κ2) is 8.48. The highest BCUT2D eigenvalue weighted by Gasteiger charge is 2.35. The van der Waals surface area contributed by atoms with Crippen LogP contribution < -0.4 is 0 Å². The van der Waals surface area contributed by atoms with Crippen LogP contribution in [0.4, 0.5) is 0 Å². The van der Waals surface area contributed by atoms with Gasteiger partial charge in [0.25, 0.3) is 0 Å². The number of esters is 1. The van der Waals surface area contributed by atoms with Crippen molar-refractivity contribution in [1.29, 1.82) is 0 Å². The van der Waals surface area contributed by atoms with E-state index in [1.54, 1.807) is 0 Å². The van der Waals surface area contributed by atoms with Crippen molar-refractivity contribution in [3.8, 4) is 0 Å². The van der Waals surface area contributed by atoms with Crippen LogP contribution >= 0.6 is 0 Å². The molecule has 3 aromatic rings. The Morgan fingerprint density at radius 2 is 1.12 bits per heavy atom. The maximum Gasteiger partial charge on any atom is 0.302 e. The smallest absolute Gasteiger partial charge is 0.302 e. The molecule has 0 aliphatic heterocycles. The molecule has 0 saturated carbocycles. The molecule has 0 unspecified atom stereocenters. The van der Waals surface area contributed by atoms with E-state index >= 15 is 0 Å². The number of benzene rings is 3. The number of hydrogen-bond acceptors (Lipinski definition) is 2. The third kappa shape index (κ3) is 3.85. The van der Waals surface area contributed by atoms with E-state index in [2.05, 4.69) is 72.8 Å². The Morgan fingerprint density at radius 1 is 0.731 bits per heavy atom. The van der Waals surface area contributed by atoms with Gasteiger partial charge in [-0.15, -0.1) is 0 Å². The zero-order valence-electron chi connectivity index (χ0n) is 15.1. The molecule has 0 aliphatic carbocycles. The SMILES string of the molecule is CC(=O)OCCCC(c1ccccc1)(c1ccccc1)c1ccccc1. The Kier molecular flexibility index (Phi) is 5.85. The van der Waals surface area contributed by atoms with Crippen molar-refractivity contribution in [1.82, 2.24) is 0 Å². The van der Waals surface area contributed by atoms with Gasteiger partial charge in [0.15, 0.2) is 0 Å². The molecule has 0 N–H and O–H groups in total. The van der Waals surface area contributed by atoms with Crippen molar-refractivity contribution in [2.75, 3.05) is 6.61 Å². The fourth-order valence-electron chi connectivity index (χ4n) is 3.65. The molecule has 0 atom stereocenters. The summed E-state index contributed by atoms with van der Waals surface area (Å²) in [6, 6.07) is 31.8. The van der Waals surface area contributed by atoms with E-state index in [4.69, 9.17) is 4.74 Å². The van der Waals surface area contributed by atoms with Gasteiger partial charge in [-0.05, 0) is 29.5 Å². The molecule has 3 aromatic carbocycles. The van der Waals surface area contributed by atoms with Crippen LogP contribution in [0.3, 0.4) is 0 Å². The highest BCUT2D eigenvalue weighted by molar-refractivity contribution is 5.65. The molecule has 0 aromatic heterocycles. The first-order valence-electron chi connectivity index (χ1n) is 9.03. The van der Waals surface area contributed by atoms with Gasteiger partial charge in [0.1, 0.15) is 0 Å². The zero-order chi connectivity index (χ0) is 18.2. The normalized spacial score (nSPS) is 11.1. The van der Waals surface area contributed by atoms with Crippen LogP contribution in [0.15, 0.2) is 91.0 Å². The van der Waals surface area contributed by atoms with E-state index in [0.29, 0.717) is 6.61 Å². The first kappa shape index (κ1) is 17.9. The van der Waals surface area contributed by atoms with Crippen LogP contribution in [0, 0.1) is 0 Å². The lowest BCUT2D eigenvalue weighted by Gasteiger charge is -2.36. The molecule has 2 nitrogen and oxygen atoms in total. The summed E-state index contributed by atoms with van der Waals surface area (Å²) < 4.78 is 5.21. The van der Waals surface area contributed by atoms with Gasteiger partial charge in [0.05, 0.1) is 6.61 Å². The number of carbonyl (C=O) groups excluding carboxylic acids is 1. The van der Waals surface area contributed by atoms with Gasteiger partial charge in [0, 0.05) is 12.3 Å². The minimum Gasteiger partial charge on any atom is -0.466 e. The highest BCUT2D eigenvalue weighted by Crippen LogP contribution is 2.42. The first-order chi connectivity index (χ1) is 12.7. The van der Waals surface area contributed by atoms with Crippen molar-refractivity contribution in [3.05, 3.63) is 108 Å². The quantitative estimate of drug-likeness (QED) is 0.327. The summed E-state index contributed by atoms with van der Waals surface area (Å²) in [5.74, 6) is -0.227. The van der Waals surface area contributed by atoms with Crippen molar-refractivity contribution in [2.45, 2.75) is 25.2 Å². The highest BCUT2D eigenvalue weighted by atomic mass is 16.5. The van der Waals surface area contributed by atoms with Crippen LogP contribution in [0.5, 0.6) is 0 Å². The minimum atomic E-state index is -0.274. The Hall–Kier alpha value is -2.87. The summed E-state index contributed by atoms with van der Waals surface area (Å²) in [5.41, 5.74) is 3.48. The van der Waals surface area contributed by atoms with E-state index in [-0.39, 0.29) is 11.4 Å². The summed E-state index contributed by atoms with van der Waals surface area (Å²) in [7, 11) is 0. The Labute approximate surface area is 155 Å². The van der Waals surface area contributed by atoms with Crippen LogP contribution in [0.25, 0.3) is 0 Å². The van der Waals surface area contributed by atoms with Gasteiger partial charge in [-0.3, -0.25) is 4.79 Å². The number of rotatable bonds is 7. The second-order valence-corrected chi connectivity index (χ2v) is 6.45. The maximum atomic E-state index is 11.2. The van der Waals surface area contributed by atoms with E-state index < -0.39 is 0 Å². The number of hydrogen-bond donors (Lipinski definition) is 0. The molecule has 0 saturated heterocycles. The molecule has 0 aliphatic rings. The Balaban J connectivity index is 2.10. The second-order valence-electron chi connectivity index (χ2n) is 6.45. The lowest BCUT2D eigenvalue weighted by Crippen LogP contribution is -2.30. The molecule has 3 rings (SSSR count). The van der Waals surface area contributed by atoms with E-state index in [0.717, 1.165) is 12.8 Å². The maximum absolute atomic E-state index is 11.2. The van der Waals surface area contributed by atoms with Crippen molar-refractivity contribution in [2.24, 2.45) is 0 Å². The van der Waals surface area contributed by atoms with Crippen molar-refractivity contribution >= 4 is 5.97 Å². The molecule has 26 heavy (non-hydrogen) atoms. The van der Waals surface area contributed by atoms with Gasteiger partial charge in [-0.1, -0.05) is 91.0 Å². The zero-order valence-corrected chi connectivity index (χ0v) is 15.1. The summed E-state index contributed by atoms with van der Waals surface area (Å²) in [5, 5.41) is 0. The van der Waals surface area contributed by atoms with Crippen LogP contribution in [0.1, 0.15) is 36.5 Å². The summed E-state index contributed by atoms with van der Waals surface area (Å²) in [6.45, 7) is 1.89. The lowest BCUT2D eigenvalue weighted by atomic mass is 9.67. The third-order valence-corrected chi connectivity index (χ3v) is 4.80. The summed E-state index contributed by atoms with van der Waals surface area (Å²) in [4.78, 5) is 11.2. The number of carbonyl (C=O) groups is 1. The largest absolute Gasteiger partial charge is 0.466 e. The molecule has 0 fully saturated rings. The molecular formula is C24H24O2. The first-order valence-corrected chi connectivity index (χ1v) is 9.03. The molecule has 0 heterocycles. The monoisotopic (exact) mass is 344 g/mol. The van der Waals surface area contributed by atoms with Crippen LogP contribution in [-0.4, -0.2) is 12.6 Å². The van der Waals surface area contributed by atoms with Gasteiger partial charge in [0.2, 0.25) is 0 Å². The van der Waals surface area contributed by atoms with E-state index in [1.807, 2.05) is 18.2 Å². The van der Waals surface area contributed by atoms with Crippen LogP contribution in [0.2, 0.25) is 0 Å². The molecule has 132 valence electrons. The van der Waals surface area contributed by atoms with E-state index in [9.17, 15) is 4.79 Å². The van der Waals surface area contributed by atoms with E-state index in [1.165, 1.54) is 23.6 Å². The number of ether oxygens (including phenoxy) is 1. The standard InChI is InChI=1S/C24H24O2/c1-20(25)26-19-11-18-24(21-12-5-2-6-13-21,22-14-7-3-8-15-22)23-16-9-4-10-17-23/h2-10,12-17H,11,18-19H2,1H3. The fraction of sp³-hybridized carbons (Fsp3) is 0.208. The molecule has 0 bridgehead atoms. The average Bonchev–Trinajstić information content (AvgIpc) is 2.70. The molecular weight excluding hydrogens is 320 g/mol. The summed E-state index contributed by atoms with van der Waals surface area (Å²) >= 11 is 0. The van der Waals surface area contributed by atoms with Gasteiger partial charge in [-0.25, -0.2) is 0 Å². The molecule has 2 heteroatoms. The Morgan fingerprint density at radius 3 is 1.46 bits per heavy atom. The average molecular weight is 344 g/mol. The van der Waals surface area contributed by atoms with Gasteiger partial charge < -0.3 is 4.74 Å². The third-order valence-electron chi connectivity index (χ3n) is 4.80. The van der Waals surface area contributed by atoms with Crippen molar-refractivity contribution in [3.63, 3.8) is 0 Å². The molecule has 0 amide bonds. The summed E-state index contributed by atoms with van der Waals surface area (Å²) in [6.07, 6.45) is 1.65. The minimum absolute atomic E-state index is 0.227. The predicted octanol–water partition coefficient (Wildman–Crippen LogP) is 5.36. The van der Waals surface area contributed by atoms with Crippen LogP contribution in [-0.2, 0) is 14.9 Å². The topological polar surface area (TPSA) is 26.3 Å². The lowest BCUT2D eigenvalue weighted by molar-refractivity contribution is -0.141. The van der Waals surface area contributed by atoms with Gasteiger partial charge >= 0.3 is 5.97 Å². The van der Waals surface area contributed by atoms with Crippen molar-refractivity contribution < 1.29 is 9.53 Å². The molecule has 0 spiro atoms. The molecule has 0 radical (unpaired) electrons. The van der Waals surface area contributed by atoms with Gasteiger partial charge in [-0.2, -0.15) is 0 Å². The Bertz CT molecular complexity index is 714. The predicted molar refractivity (Wildman–Crippen MR) is 105 cm³/mol. The fourth-order valence-corrected chi connectivity index (χ4v) is 3.65.